The Hall–Kier alpha value is -10.2. The molecule has 83 heavy (non-hydrogen) atoms. The van der Waals surface area contributed by atoms with Gasteiger partial charge in [-0.05, 0) is 162 Å². The molecular formula is C78H52N4S. The summed E-state index contributed by atoms with van der Waals surface area (Å²) in [6.45, 7) is 4.44. The van der Waals surface area contributed by atoms with Gasteiger partial charge < -0.3 is 4.57 Å². The Morgan fingerprint density at radius 3 is 1.34 bits per heavy atom. The SMILES string of the molecule is CC=c1c(=CCCC)c2cc(-c3ccc4c(c3)c3ccccc3n4-c3nc(-c4ccc5c6ccccc6c6ccccc6c5c4)cc(-c4ccc5c6ccccc6c6ccccc6c5c4)n3)ccc2n1-c1ccc2sc3ccccc3c2c1. The highest BCUT2D eigenvalue weighted by atomic mass is 32.1. The van der Waals surface area contributed by atoms with Gasteiger partial charge in [0.15, 0.2) is 0 Å². The van der Waals surface area contributed by atoms with Crippen molar-refractivity contribution < 1.29 is 0 Å². The van der Waals surface area contributed by atoms with Crippen LogP contribution in [-0.4, -0.2) is 19.1 Å². The molecule has 17 aromatic rings. The van der Waals surface area contributed by atoms with Crippen LogP contribution < -0.4 is 10.6 Å². The van der Waals surface area contributed by atoms with E-state index in [4.69, 9.17) is 9.97 Å². The number of unbranched alkanes of at least 4 members (excludes halogenated alkanes) is 1. The molecule has 0 fully saturated rings. The van der Waals surface area contributed by atoms with Gasteiger partial charge in [0.1, 0.15) is 0 Å². The van der Waals surface area contributed by atoms with Gasteiger partial charge in [0.2, 0.25) is 5.95 Å². The average Bonchev–Trinajstić information content (AvgIpc) is 3.14. The van der Waals surface area contributed by atoms with Crippen LogP contribution in [0, 0.1) is 0 Å². The fraction of sp³-hybridized carbons (Fsp3) is 0.0513. The van der Waals surface area contributed by atoms with Crippen LogP contribution >= 0.6 is 11.3 Å². The second-order valence-corrected chi connectivity index (χ2v) is 23.2. The highest BCUT2D eigenvalue weighted by Crippen LogP contribution is 2.42. The maximum atomic E-state index is 5.64. The summed E-state index contributed by atoms with van der Waals surface area (Å²) >= 11 is 1.86. The topological polar surface area (TPSA) is 35.6 Å². The number of benzene rings is 13. The van der Waals surface area contributed by atoms with E-state index in [-0.39, 0.29) is 0 Å². The maximum absolute atomic E-state index is 5.64. The zero-order chi connectivity index (χ0) is 54.9. The van der Waals surface area contributed by atoms with Gasteiger partial charge in [-0.15, -0.1) is 11.3 Å². The van der Waals surface area contributed by atoms with Gasteiger partial charge in [-0.25, -0.2) is 9.97 Å². The Labute approximate surface area is 482 Å². The van der Waals surface area contributed by atoms with Crippen LogP contribution in [0.1, 0.15) is 26.7 Å². The van der Waals surface area contributed by atoms with Gasteiger partial charge in [-0.3, -0.25) is 4.57 Å². The molecule has 0 aliphatic rings. The van der Waals surface area contributed by atoms with Gasteiger partial charge >= 0.3 is 0 Å². The van der Waals surface area contributed by atoms with E-state index in [2.05, 4.69) is 278 Å². The minimum absolute atomic E-state index is 0.624. The van der Waals surface area contributed by atoms with Crippen LogP contribution in [0.5, 0.6) is 0 Å². The first-order valence-corrected chi connectivity index (χ1v) is 29.7. The molecule has 0 aliphatic heterocycles. The predicted octanol–water partition coefficient (Wildman–Crippen LogP) is 20.2. The summed E-state index contributed by atoms with van der Waals surface area (Å²) in [6.07, 6.45) is 6.80. The molecule has 0 bridgehead atoms. The summed E-state index contributed by atoms with van der Waals surface area (Å²) in [5.41, 5.74) is 10.6. The number of thiophene rings is 1. The fourth-order valence-electron chi connectivity index (χ4n) is 13.8. The zero-order valence-electron chi connectivity index (χ0n) is 45.9. The fourth-order valence-corrected chi connectivity index (χ4v) is 14.9. The molecule has 0 saturated carbocycles. The molecule has 0 radical (unpaired) electrons. The van der Waals surface area contributed by atoms with Crippen LogP contribution in [0.4, 0.5) is 0 Å². The summed E-state index contributed by atoms with van der Waals surface area (Å²) in [7, 11) is 0. The second-order valence-electron chi connectivity index (χ2n) is 22.2. The monoisotopic (exact) mass is 1080 g/mol. The average molecular weight is 1080 g/mol. The zero-order valence-corrected chi connectivity index (χ0v) is 46.7. The first-order chi connectivity index (χ1) is 41.1. The molecule has 13 aromatic carbocycles. The van der Waals surface area contributed by atoms with E-state index < -0.39 is 0 Å². The van der Waals surface area contributed by atoms with Crippen molar-refractivity contribution >= 4 is 141 Å². The lowest BCUT2D eigenvalue weighted by atomic mass is 9.92. The first kappa shape index (κ1) is 47.6. The first-order valence-electron chi connectivity index (χ1n) is 28.9. The number of hydrogen-bond acceptors (Lipinski definition) is 3. The minimum Gasteiger partial charge on any atom is -0.310 e. The quantitative estimate of drug-likeness (QED) is 0.149. The van der Waals surface area contributed by atoms with Gasteiger partial charge in [0, 0.05) is 63.7 Å². The Balaban J connectivity index is 0.866. The van der Waals surface area contributed by atoms with Crippen LogP contribution in [-0.2, 0) is 0 Å². The molecule has 0 aliphatic carbocycles. The summed E-state index contributed by atoms with van der Waals surface area (Å²) in [6, 6.07) is 89.7. The Morgan fingerprint density at radius 1 is 0.349 bits per heavy atom. The number of rotatable bonds is 7. The van der Waals surface area contributed by atoms with E-state index in [9.17, 15) is 0 Å². The molecule has 390 valence electrons. The second kappa shape index (κ2) is 18.7. The van der Waals surface area contributed by atoms with Crippen molar-refractivity contribution in [2.75, 3.05) is 0 Å². The lowest BCUT2D eigenvalue weighted by Crippen LogP contribution is -2.28. The smallest absolute Gasteiger partial charge is 0.235 e. The van der Waals surface area contributed by atoms with Crippen LogP contribution in [0.2, 0.25) is 0 Å². The molecule has 17 rings (SSSR count). The third-order valence-corrected chi connectivity index (χ3v) is 18.7. The van der Waals surface area contributed by atoms with Gasteiger partial charge in [-0.1, -0.05) is 195 Å². The number of nitrogens with zero attached hydrogens (tertiary/aromatic N) is 4. The molecule has 0 saturated heterocycles. The Morgan fingerprint density at radius 2 is 0.783 bits per heavy atom. The number of aromatic nitrogens is 4. The third-order valence-electron chi connectivity index (χ3n) is 17.6. The molecule has 0 amide bonds. The Kier molecular flexibility index (Phi) is 10.7. The van der Waals surface area contributed by atoms with Crippen LogP contribution in [0.25, 0.3) is 175 Å². The number of fused-ring (bicyclic) bond motifs is 19. The predicted molar refractivity (Wildman–Crippen MR) is 356 cm³/mol. The molecule has 0 spiro atoms. The molecular weight excluding hydrogens is 1020 g/mol. The maximum Gasteiger partial charge on any atom is 0.235 e. The lowest BCUT2D eigenvalue weighted by molar-refractivity contribution is 0.989. The molecule has 0 unspecified atom stereocenters. The summed E-state index contributed by atoms with van der Waals surface area (Å²) in [5, 5.41) is 23.5. The van der Waals surface area contributed by atoms with Crippen LogP contribution in [0.15, 0.2) is 243 Å². The summed E-state index contributed by atoms with van der Waals surface area (Å²) < 4.78 is 7.38. The van der Waals surface area contributed by atoms with Gasteiger partial charge in [-0.2, -0.15) is 0 Å². The molecule has 4 heterocycles. The highest BCUT2D eigenvalue weighted by molar-refractivity contribution is 7.25. The van der Waals surface area contributed by atoms with Crippen LogP contribution in [0.3, 0.4) is 0 Å². The van der Waals surface area contributed by atoms with Gasteiger partial charge in [0.25, 0.3) is 0 Å². The van der Waals surface area contributed by atoms with E-state index in [1.807, 2.05) is 11.3 Å². The molecule has 4 aromatic heterocycles. The molecule has 0 atom stereocenters. The molecule has 4 nitrogen and oxygen atoms in total. The van der Waals surface area contributed by atoms with E-state index in [1.165, 1.54) is 118 Å². The minimum atomic E-state index is 0.624. The van der Waals surface area contributed by atoms with E-state index in [1.54, 1.807) is 0 Å². The van der Waals surface area contributed by atoms with Crippen molar-refractivity contribution in [3.05, 3.63) is 253 Å². The summed E-state index contributed by atoms with van der Waals surface area (Å²) in [4.78, 5) is 11.3. The van der Waals surface area contributed by atoms with Gasteiger partial charge in [0.05, 0.1) is 27.9 Å². The van der Waals surface area contributed by atoms with Crippen molar-refractivity contribution in [2.45, 2.75) is 26.7 Å². The van der Waals surface area contributed by atoms with Crippen molar-refractivity contribution in [2.24, 2.45) is 0 Å². The normalized spacial score (nSPS) is 12.7. The summed E-state index contributed by atoms with van der Waals surface area (Å²) in [5.74, 6) is 0.624. The highest BCUT2D eigenvalue weighted by Gasteiger charge is 2.21. The van der Waals surface area contributed by atoms with Crippen molar-refractivity contribution in [1.29, 1.82) is 0 Å². The third kappa shape index (κ3) is 7.31. The number of hydrogen-bond donors (Lipinski definition) is 0. The van der Waals surface area contributed by atoms with Crippen molar-refractivity contribution in [3.63, 3.8) is 0 Å². The molecule has 5 heteroatoms. The number of para-hydroxylation sites is 1. The molecule has 0 N–H and O–H groups in total. The standard InChI is InChI=1S/C78H52N4S/c1-3-5-18-62-67-41-47(33-38-74(67)81(72(62)4-2)51-35-40-77-69(45-51)64-28-15-17-30-76(64)83-77)48-34-39-75-68(42-48)63-27-14-16-29-73(63)82(75)78-79-70(49-31-36-60-56-23-8-6-19-52(56)54-21-10-12-25-58(54)65(60)43-49)46-71(80-78)50-32-37-61-57-24-9-7-20-53(57)55-22-11-13-26-59(55)66(61)44-50/h4,6-46H,3,5H2,1-2H3. The lowest BCUT2D eigenvalue weighted by Gasteiger charge is -2.15. The van der Waals surface area contributed by atoms with E-state index >= 15 is 0 Å². The Bertz CT molecular complexity index is 5490. The van der Waals surface area contributed by atoms with E-state index in [0.29, 0.717) is 5.95 Å². The van der Waals surface area contributed by atoms with Crippen molar-refractivity contribution in [3.8, 4) is 45.3 Å². The van der Waals surface area contributed by atoms with Crippen molar-refractivity contribution in [1.82, 2.24) is 19.1 Å². The largest absolute Gasteiger partial charge is 0.310 e. The van der Waals surface area contributed by atoms with E-state index in [0.717, 1.165) is 62.7 Å².